The third-order valence-corrected chi connectivity index (χ3v) is 8.39. The Kier molecular flexibility index (Phi) is 6.15. The molecule has 1 aromatic heterocycles. The van der Waals surface area contributed by atoms with Crippen molar-refractivity contribution >= 4 is 50.3 Å². The number of carbonyl (C=O) groups excluding carboxylic acids is 2. The molecule has 7 nitrogen and oxygen atoms in total. The van der Waals surface area contributed by atoms with E-state index in [1.807, 2.05) is 5.38 Å². The van der Waals surface area contributed by atoms with E-state index in [-0.39, 0.29) is 29.4 Å². The Balaban J connectivity index is 1.44. The van der Waals surface area contributed by atoms with Gasteiger partial charge in [-0.25, -0.2) is 8.42 Å². The fourth-order valence-corrected chi connectivity index (χ4v) is 6.47. The van der Waals surface area contributed by atoms with Gasteiger partial charge in [0.25, 0.3) is 11.8 Å². The van der Waals surface area contributed by atoms with Crippen molar-refractivity contribution in [2.45, 2.75) is 12.5 Å². The molecule has 1 N–H and O–H groups in total. The zero-order chi connectivity index (χ0) is 21.3. The summed E-state index contributed by atoms with van der Waals surface area (Å²) in [6, 6.07) is 8.40. The SMILES string of the molecule is O=C(Nc1cc(Cl)ccc1C(=O)N1CCN(C2CCS(=O)(=O)C2)CC1)c1cccs1. The molecule has 2 saturated heterocycles. The summed E-state index contributed by atoms with van der Waals surface area (Å²) >= 11 is 7.42. The number of anilines is 1. The number of carbonyl (C=O) groups is 2. The zero-order valence-corrected chi connectivity index (χ0v) is 18.6. The maximum absolute atomic E-state index is 13.2. The highest BCUT2D eigenvalue weighted by molar-refractivity contribution is 7.91. The van der Waals surface area contributed by atoms with Crippen molar-refractivity contribution in [3.8, 4) is 0 Å². The molecule has 2 aromatic rings. The average molecular weight is 468 g/mol. The smallest absolute Gasteiger partial charge is 0.265 e. The predicted molar refractivity (Wildman–Crippen MR) is 118 cm³/mol. The number of amides is 2. The van der Waals surface area contributed by atoms with E-state index in [0.717, 1.165) is 0 Å². The number of nitrogens with zero attached hydrogens (tertiary/aromatic N) is 2. The molecule has 2 aliphatic rings. The number of thiophene rings is 1. The average Bonchev–Trinajstić information content (AvgIpc) is 3.37. The fourth-order valence-electron chi connectivity index (χ4n) is 3.92. The van der Waals surface area contributed by atoms with Gasteiger partial charge in [0.1, 0.15) is 0 Å². The Morgan fingerprint density at radius 3 is 2.53 bits per heavy atom. The van der Waals surface area contributed by atoms with E-state index in [4.69, 9.17) is 11.6 Å². The first-order valence-electron chi connectivity index (χ1n) is 9.70. The number of sulfone groups is 1. The van der Waals surface area contributed by atoms with Crippen LogP contribution in [0.3, 0.4) is 0 Å². The molecule has 4 rings (SSSR count). The van der Waals surface area contributed by atoms with E-state index in [1.54, 1.807) is 35.2 Å². The highest BCUT2D eigenvalue weighted by Gasteiger charge is 2.34. The lowest BCUT2D eigenvalue weighted by atomic mass is 10.1. The molecule has 0 radical (unpaired) electrons. The van der Waals surface area contributed by atoms with E-state index < -0.39 is 9.84 Å². The number of halogens is 1. The van der Waals surface area contributed by atoms with Gasteiger partial charge in [0.2, 0.25) is 0 Å². The van der Waals surface area contributed by atoms with Crippen molar-refractivity contribution in [1.82, 2.24) is 9.80 Å². The van der Waals surface area contributed by atoms with Gasteiger partial charge in [-0.2, -0.15) is 0 Å². The molecule has 30 heavy (non-hydrogen) atoms. The van der Waals surface area contributed by atoms with Crippen LogP contribution in [-0.2, 0) is 9.84 Å². The predicted octanol–water partition coefficient (Wildman–Crippen LogP) is 2.60. The number of nitrogens with one attached hydrogen (secondary N) is 1. The molecule has 3 heterocycles. The molecule has 0 saturated carbocycles. The van der Waals surface area contributed by atoms with Crippen LogP contribution in [0.2, 0.25) is 5.02 Å². The molecule has 10 heteroatoms. The molecule has 2 aliphatic heterocycles. The largest absolute Gasteiger partial charge is 0.336 e. The van der Waals surface area contributed by atoms with Gasteiger partial charge in [-0.15, -0.1) is 11.3 Å². The van der Waals surface area contributed by atoms with Crippen LogP contribution >= 0.6 is 22.9 Å². The van der Waals surface area contributed by atoms with E-state index >= 15 is 0 Å². The third kappa shape index (κ3) is 4.69. The first-order valence-corrected chi connectivity index (χ1v) is 12.8. The highest BCUT2D eigenvalue weighted by Crippen LogP contribution is 2.25. The number of hydrogen-bond acceptors (Lipinski definition) is 6. The second kappa shape index (κ2) is 8.66. The lowest BCUT2D eigenvalue weighted by molar-refractivity contribution is 0.0589. The van der Waals surface area contributed by atoms with Gasteiger partial charge in [0.15, 0.2) is 9.84 Å². The number of rotatable bonds is 4. The summed E-state index contributed by atoms with van der Waals surface area (Å²) in [5.41, 5.74) is 0.774. The minimum Gasteiger partial charge on any atom is -0.336 e. The molecular weight excluding hydrogens is 446 g/mol. The molecular formula is C20H22ClN3O4S2. The zero-order valence-electron chi connectivity index (χ0n) is 16.2. The summed E-state index contributed by atoms with van der Waals surface area (Å²) in [7, 11) is -2.93. The van der Waals surface area contributed by atoms with Crippen LogP contribution in [0.15, 0.2) is 35.7 Å². The van der Waals surface area contributed by atoms with Gasteiger partial charge >= 0.3 is 0 Å². The van der Waals surface area contributed by atoms with Gasteiger partial charge in [-0.3, -0.25) is 14.5 Å². The molecule has 2 amide bonds. The molecule has 0 spiro atoms. The number of hydrogen-bond donors (Lipinski definition) is 1. The highest BCUT2D eigenvalue weighted by atomic mass is 35.5. The molecule has 2 fully saturated rings. The van der Waals surface area contributed by atoms with Gasteiger partial charge in [-0.05, 0) is 36.1 Å². The second-order valence-electron chi connectivity index (χ2n) is 7.51. The summed E-state index contributed by atoms with van der Waals surface area (Å²) < 4.78 is 23.5. The van der Waals surface area contributed by atoms with Gasteiger partial charge in [-0.1, -0.05) is 17.7 Å². The lowest BCUT2D eigenvalue weighted by Gasteiger charge is -2.37. The molecule has 1 unspecified atom stereocenters. The lowest BCUT2D eigenvalue weighted by Crippen LogP contribution is -2.52. The third-order valence-electron chi connectivity index (χ3n) is 5.53. The maximum atomic E-state index is 13.2. The topological polar surface area (TPSA) is 86.8 Å². The Morgan fingerprint density at radius 1 is 1.13 bits per heavy atom. The normalized spacial score (nSPS) is 21.5. The van der Waals surface area contributed by atoms with E-state index in [1.165, 1.54) is 11.3 Å². The first-order chi connectivity index (χ1) is 14.3. The van der Waals surface area contributed by atoms with Crippen molar-refractivity contribution in [1.29, 1.82) is 0 Å². The Labute approximate surface area is 184 Å². The molecule has 0 aliphatic carbocycles. The summed E-state index contributed by atoms with van der Waals surface area (Å²) in [6.45, 7) is 2.29. The number of piperazine rings is 1. The van der Waals surface area contributed by atoms with Crippen LogP contribution in [0.25, 0.3) is 0 Å². The monoisotopic (exact) mass is 467 g/mol. The van der Waals surface area contributed by atoms with Crippen molar-refractivity contribution in [2.24, 2.45) is 0 Å². The second-order valence-corrected chi connectivity index (χ2v) is 11.1. The quantitative estimate of drug-likeness (QED) is 0.746. The van der Waals surface area contributed by atoms with Crippen molar-refractivity contribution in [3.63, 3.8) is 0 Å². The Bertz CT molecular complexity index is 1050. The minimum absolute atomic E-state index is 0.0448. The van der Waals surface area contributed by atoms with Gasteiger partial charge in [0, 0.05) is 37.2 Å². The van der Waals surface area contributed by atoms with Crippen molar-refractivity contribution in [2.75, 3.05) is 43.0 Å². The summed E-state index contributed by atoms with van der Waals surface area (Å²) in [4.78, 5) is 30.1. The first kappa shape index (κ1) is 21.3. The van der Waals surface area contributed by atoms with Crippen LogP contribution in [0.5, 0.6) is 0 Å². The molecule has 1 atom stereocenters. The molecule has 160 valence electrons. The summed E-state index contributed by atoms with van der Waals surface area (Å²) in [5.74, 6) is -0.00763. The summed E-state index contributed by atoms with van der Waals surface area (Å²) in [6.07, 6.45) is 0.659. The van der Waals surface area contributed by atoms with Crippen molar-refractivity contribution in [3.05, 3.63) is 51.2 Å². The van der Waals surface area contributed by atoms with Crippen LogP contribution in [0.1, 0.15) is 26.5 Å². The standard InChI is InChI=1S/C20H22ClN3O4S2/c21-14-3-4-16(17(12-14)22-19(25)18-2-1-10-29-18)20(26)24-8-6-23(7-9-24)15-5-11-30(27,28)13-15/h1-4,10,12,15H,5-9,11,13H2,(H,22,25). The Hall–Kier alpha value is -1.94. The summed E-state index contributed by atoms with van der Waals surface area (Å²) in [5, 5.41) is 5.04. The maximum Gasteiger partial charge on any atom is 0.265 e. The Morgan fingerprint density at radius 2 is 1.90 bits per heavy atom. The van der Waals surface area contributed by atoms with Crippen LogP contribution in [0.4, 0.5) is 5.69 Å². The van der Waals surface area contributed by atoms with E-state index in [2.05, 4.69) is 10.2 Å². The minimum atomic E-state index is -2.93. The van der Waals surface area contributed by atoms with Gasteiger partial charge in [0.05, 0.1) is 27.6 Å². The van der Waals surface area contributed by atoms with Gasteiger partial charge < -0.3 is 10.2 Å². The number of benzene rings is 1. The fraction of sp³-hybridized carbons (Fsp3) is 0.400. The van der Waals surface area contributed by atoms with Crippen LogP contribution in [-0.4, -0.2) is 73.8 Å². The van der Waals surface area contributed by atoms with Crippen LogP contribution in [0, 0.1) is 0 Å². The van der Waals surface area contributed by atoms with E-state index in [0.29, 0.717) is 53.8 Å². The van der Waals surface area contributed by atoms with Crippen LogP contribution < -0.4 is 5.32 Å². The molecule has 0 bridgehead atoms. The molecule has 1 aromatic carbocycles. The van der Waals surface area contributed by atoms with Crippen molar-refractivity contribution < 1.29 is 18.0 Å². The van der Waals surface area contributed by atoms with E-state index in [9.17, 15) is 18.0 Å².